The Bertz CT molecular complexity index is 996. The first-order chi connectivity index (χ1) is 15.5. The molecule has 1 aliphatic heterocycles. The molecule has 1 N–H and O–H groups in total. The number of ether oxygens (including phenoxy) is 1. The van der Waals surface area contributed by atoms with Crippen molar-refractivity contribution in [3.8, 4) is 5.75 Å². The predicted molar refractivity (Wildman–Crippen MR) is 125 cm³/mol. The van der Waals surface area contributed by atoms with Gasteiger partial charge in [0, 0.05) is 18.7 Å². The van der Waals surface area contributed by atoms with E-state index in [0.29, 0.717) is 36.6 Å². The summed E-state index contributed by atoms with van der Waals surface area (Å²) in [6, 6.07) is 15.4. The zero-order chi connectivity index (χ0) is 23.1. The molecular formula is C26H30N2O4. The molecule has 32 heavy (non-hydrogen) atoms. The van der Waals surface area contributed by atoms with Gasteiger partial charge in [-0.05, 0) is 30.8 Å². The molecule has 0 aromatic heterocycles. The molecule has 1 heterocycles. The number of carbonyl (C=O) groups excluding carboxylic acids is 2. The second-order valence-electron chi connectivity index (χ2n) is 7.56. The van der Waals surface area contributed by atoms with Gasteiger partial charge in [-0.1, -0.05) is 69.0 Å². The zero-order valence-corrected chi connectivity index (χ0v) is 18.7. The number of hydrogen-bond acceptors (Lipinski definition) is 5. The Morgan fingerprint density at radius 2 is 1.84 bits per heavy atom. The topological polar surface area (TPSA) is 70.1 Å². The van der Waals surface area contributed by atoms with Gasteiger partial charge >= 0.3 is 0 Å². The number of aliphatic hydroxyl groups is 1. The first-order valence-electron chi connectivity index (χ1n) is 10.9. The Hall–Kier alpha value is -3.38. The van der Waals surface area contributed by atoms with Gasteiger partial charge in [0.05, 0.1) is 11.6 Å². The summed E-state index contributed by atoms with van der Waals surface area (Å²) < 4.78 is 5.66. The van der Waals surface area contributed by atoms with E-state index >= 15 is 0 Å². The minimum atomic E-state index is -0.696. The molecule has 0 aliphatic carbocycles. The average molecular weight is 435 g/mol. The summed E-state index contributed by atoms with van der Waals surface area (Å²) >= 11 is 0. The molecule has 3 rings (SSSR count). The molecule has 1 amide bonds. The van der Waals surface area contributed by atoms with Gasteiger partial charge in [-0.3, -0.25) is 9.59 Å². The summed E-state index contributed by atoms with van der Waals surface area (Å²) in [5, 5.41) is 11.1. The fraction of sp³-hybridized carbons (Fsp3) is 0.308. The quantitative estimate of drug-likeness (QED) is 0.265. The van der Waals surface area contributed by atoms with Crippen LogP contribution in [0.25, 0.3) is 5.76 Å². The van der Waals surface area contributed by atoms with Crippen molar-refractivity contribution in [1.82, 2.24) is 9.80 Å². The highest BCUT2D eigenvalue weighted by atomic mass is 16.5. The Morgan fingerprint density at radius 1 is 1.12 bits per heavy atom. The monoisotopic (exact) mass is 434 g/mol. The molecular weight excluding hydrogens is 404 g/mol. The van der Waals surface area contributed by atoms with Crippen LogP contribution in [-0.2, 0) is 9.59 Å². The molecule has 0 radical (unpaired) electrons. The number of carbonyl (C=O) groups is 2. The second-order valence-corrected chi connectivity index (χ2v) is 7.56. The van der Waals surface area contributed by atoms with E-state index in [2.05, 4.69) is 25.3 Å². The average Bonchev–Trinajstić information content (AvgIpc) is 3.08. The molecule has 0 spiro atoms. The number of ketones is 1. The van der Waals surface area contributed by atoms with Gasteiger partial charge in [0.2, 0.25) is 0 Å². The van der Waals surface area contributed by atoms with Crippen molar-refractivity contribution in [2.24, 2.45) is 0 Å². The van der Waals surface area contributed by atoms with Gasteiger partial charge in [0.25, 0.3) is 11.7 Å². The summed E-state index contributed by atoms with van der Waals surface area (Å²) in [4.78, 5) is 29.9. The highest BCUT2D eigenvalue weighted by Crippen LogP contribution is 2.40. The predicted octanol–water partition coefficient (Wildman–Crippen LogP) is 4.01. The number of Topliss-reactive ketones (excluding diaryl/α,β-unsaturated/α-hetero) is 1. The largest absolute Gasteiger partial charge is 0.507 e. The summed E-state index contributed by atoms with van der Waals surface area (Å²) in [6.45, 7) is 10.8. The maximum absolute atomic E-state index is 13.1. The normalized spacial score (nSPS) is 17.7. The number of likely N-dealkylation sites (tertiary alicyclic amines) is 1. The number of rotatable bonds is 10. The van der Waals surface area contributed by atoms with E-state index < -0.39 is 17.7 Å². The van der Waals surface area contributed by atoms with Crippen LogP contribution in [0.1, 0.15) is 31.0 Å². The van der Waals surface area contributed by atoms with Gasteiger partial charge in [0.15, 0.2) is 0 Å². The molecule has 6 heteroatoms. The second kappa shape index (κ2) is 10.8. The standard InChI is InChI=1S/C26H30N2O4/c1-4-17-32-21-14-10-13-20(18-21)23-22(24(29)19-11-8-7-9-12-19)25(30)26(31)28(23)16-15-27(5-2)6-3/h4,7-14,18,23,29H,1,5-6,15-17H2,2-3H3/b24-22+/t23-/m1/s1. The van der Waals surface area contributed by atoms with Crippen molar-refractivity contribution in [1.29, 1.82) is 0 Å². The van der Waals surface area contributed by atoms with Crippen LogP contribution in [0, 0.1) is 0 Å². The zero-order valence-electron chi connectivity index (χ0n) is 18.7. The third kappa shape index (κ3) is 4.92. The Morgan fingerprint density at radius 3 is 2.50 bits per heavy atom. The van der Waals surface area contributed by atoms with Crippen LogP contribution in [0.5, 0.6) is 5.75 Å². The van der Waals surface area contributed by atoms with Gasteiger partial charge in [-0.25, -0.2) is 0 Å². The van der Waals surface area contributed by atoms with Crippen molar-refractivity contribution in [2.45, 2.75) is 19.9 Å². The molecule has 0 unspecified atom stereocenters. The van der Waals surface area contributed by atoms with Crippen molar-refractivity contribution >= 4 is 17.4 Å². The summed E-state index contributed by atoms with van der Waals surface area (Å²) in [6.07, 6.45) is 1.65. The minimum absolute atomic E-state index is 0.0987. The molecule has 2 aromatic carbocycles. The van der Waals surface area contributed by atoms with Crippen LogP contribution < -0.4 is 4.74 Å². The lowest BCUT2D eigenvalue weighted by Gasteiger charge is -2.28. The number of benzene rings is 2. The van der Waals surface area contributed by atoms with Crippen LogP contribution in [0.15, 0.2) is 72.8 Å². The van der Waals surface area contributed by atoms with E-state index in [0.717, 1.165) is 13.1 Å². The van der Waals surface area contributed by atoms with Crippen LogP contribution in [-0.4, -0.2) is 59.4 Å². The lowest BCUT2D eigenvalue weighted by molar-refractivity contribution is -0.140. The maximum atomic E-state index is 13.1. The lowest BCUT2D eigenvalue weighted by Crippen LogP contribution is -2.38. The summed E-state index contributed by atoms with van der Waals surface area (Å²) in [5.41, 5.74) is 1.31. The van der Waals surface area contributed by atoms with Crippen LogP contribution in [0.3, 0.4) is 0 Å². The lowest BCUT2D eigenvalue weighted by atomic mass is 9.95. The number of likely N-dealkylation sites (N-methyl/N-ethyl adjacent to an activating group) is 1. The number of hydrogen-bond donors (Lipinski definition) is 1. The molecule has 1 aliphatic rings. The van der Waals surface area contributed by atoms with E-state index in [-0.39, 0.29) is 11.3 Å². The van der Waals surface area contributed by atoms with Crippen molar-refractivity contribution in [3.63, 3.8) is 0 Å². The minimum Gasteiger partial charge on any atom is -0.507 e. The molecule has 0 saturated carbocycles. The van der Waals surface area contributed by atoms with E-state index in [1.807, 2.05) is 30.3 Å². The summed E-state index contributed by atoms with van der Waals surface area (Å²) in [7, 11) is 0. The molecule has 1 atom stereocenters. The first-order valence-corrected chi connectivity index (χ1v) is 10.9. The van der Waals surface area contributed by atoms with E-state index in [1.165, 1.54) is 0 Å². The van der Waals surface area contributed by atoms with E-state index in [4.69, 9.17) is 4.74 Å². The van der Waals surface area contributed by atoms with Crippen molar-refractivity contribution in [3.05, 3.63) is 84.0 Å². The molecule has 6 nitrogen and oxygen atoms in total. The SMILES string of the molecule is C=CCOc1cccc([C@@H]2/C(=C(\O)c3ccccc3)C(=O)C(=O)N2CCN(CC)CC)c1. The summed E-state index contributed by atoms with van der Waals surface area (Å²) in [5.74, 6) is -0.835. The number of aliphatic hydroxyl groups excluding tert-OH is 1. The Kier molecular flexibility index (Phi) is 7.84. The van der Waals surface area contributed by atoms with Crippen LogP contribution in [0.2, 0.25) is 0 Å². The van der Waals surface area contributed by atoms with Crippen molar-refractivity contribution < 1.29 is 19.4 Å². The van der Waals surface area contributed by atoms with E-state index in [9.17, 15) is 14.7 Å². The van der Waals surface area contributed by atoms with E-state index in [1.54, 1.807) is 35.2 Å². The molecule has 168 valence electrons. The number of amides is 1. The van der Waals surface area contributed by atoms with Gasteiger partial charge in [0.1, 0.15) is 18.1 Å². The van der Waals surface area contributed by atoms with Gasteiger partial charge in [-0.2, -0.15) is 0 Å². The fourth-order valence-electron chi connectivity index (χ4n) is 3.93. The van der Waals surface area contributed by atoms with Crippen LogP contribution >= 0.6 is 0 Å². The molecule has 1 fully saturated rings. The van der Waals surface area contributed by atoms with Gasteiger partial charge in [-0.15, -0.1) is 0 Å². The molecule has 1 saturated heterocycles. The fourth-order valence-corrected chi connectivity index (χ4v) is 3.93. The Balaban J connectivity index is 2.08. The Labute approximate surface area is 189 Å². The third-order valence-electron chi connectivity index (χ3n) is 5.68. The highest BCUT2D eigenvalue weighted by Gasteiger charge is 2.46. The van der Waals surface area contributed by atoms with Gasteiger partial charge < -0.3 is 19.6 Å². The number of nitrogens with zero attached hydrogens (tertiary/aromatic N) is 2. The molecule has 0 bridgehead atoms. The highest BCUT2D eigenvalue weighted by molar-refractivity contribution is 6.46. The van der Waals surface area contributed by atoms with Crippen molar-refractivity contribution in [2.75, 3.05) is 32.8 Å². The smallest absolute Gasteiger partial charge is 0.295 e. The molecule has 2 aromatic rings. The maximum Gasteiger partial charge on any atom is 0.295 e. The third-order valence-corrected chi connectivity index (χ3v) is 5.68. The first kappa shape index (κ1) is 23.3. The van der Waals surface area contributed by atoms with Crippen LogP contribution in [0.4, 0.5) is 0 Å².